The van der Waals surface area contributed by atoms with Gasteiger partial charge in [0.05, 0.1) is 5.70 Å². The minimum atomic E-state index is -3.00. The molecule has 0 aliphatic rings. The fourth-order valence-corrected chi connectivity index (χ4v) is 1.32. The lowest BCUT2D eigenvalue weighted by Crippen LogP contribution is -2.47. The van der Waals surface area contributed by atoms with Crippen molar-refractivity contribution in [3.8, 4) is 0 Å². The molecule has 0 aromatic heterocycles. The first-order chi connectivity index (χ1) is 8.76. The van der Waals surface area contributed by atoms with Crippen molar-refractivity contribution in [1.82, 2.24) is 10.0 Å². The highest BCUT2D eigenvalue weighted by Crippen LogP contribution is 2.20. The maximum Gasteiger partial charge on any atom is 0.387 e. The van der Waals surface area contributed by atoms with Gasteiger partial charge in [-0.05, 0) is 19.9 Å². The van der Waals surface area contributed by atoms with Crippen LogP contribution in [0.25, 0.3) is 0 Å². The summed E-state index contributed by atoms with van der Waals surface area (Å²) in [7, 11) is 1.30. The van der Waals surface area contributed by atoms with E-state index < -0.39 is 12.6 Å². The van der Waals surface area contributed by atoms with Gasteiger partial charge in [-0.1, -0.05) is 12.7 Å². The van der Waals surface area contributed by atoms with Crippen LogP contribution in [0.4, 0.5) is 13.6 Å². The zero-order valence-electron chi connectivity index (χ0n) is 11.1. The molecule has 0 aromatic carbocycles. The molecule has 2 amide bonds. The summed E-state index contributed by atoms with van der Waals surface area (Å²) in [4.78, 5) is 11.6. The van der Waals surface area contributed by atoms with Crippen LogP contribution in [-0.2, 0) is 4.74 Å². The van der Waals surface area contributed by atoms with Crippen molar-refractivity contribution >= 4 is 6.03 Å². The maximum absolute atomic E-state index is 12.2. The number of ether oxygens (including phenoxy) is 1. The van der Waals surface area contributed by atoms with Gasteiger partial charge in [0.1, 0.15) is 5.76 Å². The monoisotopic (exact) mass is 276 g/mol. The molecule has 0 heterocycles. The van der Waals surface area contributed by atoms with E-state index in [1.165, 1.54) is 20.0 Å². The second kappa shape index (κ2) is 7.49. The zero-order valence-corrected chi connectivity index (χ0v) is 11.1. The smallest absolute Gasteiger partial charge is 0.387 e. The lowest BCUT2D eigenvalue weighted by Gasteiger charge is -2.24. The largest absolute Gasteiger partial charge is 0.434 e. The van der Waals surface area contributed by atoms with E-state index in [1.807, 2.05) is 0 Å². The molecule has 108 valence electrons. The van der Waals surface area contributed by atoms with Crippen molar-refractivity contribution in [2.75, 3.05) is 7.05 Å². The average molecular weight is 276 g/mol. The van der Waals surface area contributed by atoms with Crippen LogP contribution in [0.1, 0.15) is 13.8 Å². The van der Waals surface area contributed by atoms with Gasteiger partial charge < -0.3 is 4.74 Å². The Balaban J connectivity index is 5.41. The van der Waals surface area contributed by atoms with Crippen LogP contribution in [0.5, 0.6) is 0 Å². The Morgan fingerprint density at radius 1 is 1.42 bits per heavy atom. The standard InChI is InChI=1S/C11H18F2N4O2/c1-5-8(17(15)11(18)16(4)14)7(3)9(6-2)19-10(12)13/h5-6,10H,2,14-15H2,1,3-4H3/b8-5+,9-7+. The fourth-order valence-electron chi connectivity index (χ4n) is 1.32. The molecule has 4 N–H and O–H groups in total. The van der Waals surface area contributed by atoms with Crippen molar-refractivity contribution in [3.63, 3.8) is 0 Å². The van der Waals surface area contributed by atoms with Crippen molar-refractivity contribution in [1.29, 1.82) is 0 Å². The van der Waals surface area contributed by atoms with E-state index in [4.69, 9.17) is 11.7 Å². The Labute approximate surface area is 110 Å². The number of alkyl halides is 2. The predicted octanol–water partition coefficient (Wildman–Crippen LogP) is 1.69. The van der Waals surface area contributed by atoms with Gasteiger partial charge in [-0.3, -0.25) is 5.01 Å². The molecule has 0 spiro atoms. The Morgan fingerprint density at radius 2 is 1.95 bits per heavy atom. The predicted molar refractivity (Wildman–Crippen MR) is 67.1 cm³/mol. The van der Waals surface area contributed by atoms with Crippen molar-refractivity contribution in [2.24, 2.45) is 11.7 Å². The van der Waals surface area contributed by atoms with Crippen molar-refractivity contribution < 1.29 is 18.3 Å². The topological polar surface area (TPSA) is 84.8 Å². The number of urea groups is 1. The minimum Gasteiger partial charge on any atom is -0.434 e. The third kappa shape index (κ3) is 4.68. The number of carbonyl (C=O) groups is 1. The van der Waals surface area contributed by atoms with Gasteiger partial charge in [0.25, 0.3) is 0 Å². The SMILES string of the molecule is C=C/C(OC(F)F)=C(C)\C(=C/C)N(N)C(=O)N(C)N. The molecule has 0 atom stereocenters. The molecule has 0 rings (SSSR count). The summed E-state index contributed by atoms with van der Waals surface area (Å²) < 4.78 is 28.7. The summed E-state index contributed by atoms with van der Waals surface area (Å²) in [6, 6.07) is -0.715. The van der Waals surface area contributed by atoms with Crippen molar-refractivity contribution in [3.05, 3.63) is 35.8 Å². The number of nitrogens with zero attached hydrogens (tertiary/aromatic N) is 2. The molecular weight excluding hydrogens is 258 g/mol. The van der Waals surface area contributed by atoms with Crippen LogP contribution < -0.4 is 11.7 Å². The Bertz CT molecular complexity index is 405. The average Bonchev–Trinajstić information content (AvgIpc) is 2.34. The highest BCUT2D eigenvalue weighted by molar-refractivity contribution is 5.75. The molecule has 0 saturated heterocycles. The van der Waals surface area contributed by atoms with E-state index in [0.29, 0.717) is 0 Å². The third-order valence-corrected chi connectivity index (χ3v) is 2.20. The van der Waals surface area contributed by atoms with Crippen LogP contribution in [0.15, 0.2) is 35.8 Å². The normalized spacial score (nSPS) is 12.9. The van der Waals surface area contributed by atoms with Gasteiger partial charge >= 0.3 is 12.6 Å². The number of rotatable bonds is 5. The summed E-state index contributed by atoms with van der Waals surface area (Å²) in [6.45, 7) is 3.43. The van der Waals surface area contributed by atoms with E-state index in [1.54, 1.807) is 6.92 Å². The first kappa shape index (κ1) is 17.1. The maximum atomic E-state index is 12.2. The summed E-state index contributed by atoms with van der Waals surface area (Å²) in [6.07, 6.45) is 2.57. The fraction of sp³-hybridized carbons (Fsp3) is 0.364. The molecule has 8 heteroatoms. The quantitative estimate of drug-likeness (QED) is 0.263. The second-order valence-corrected chi connectivity index (χ2v) is 3.51. The number of halogens is 2. The van der Waals surface area contributed by atoms with Crippen LogP contribution in [0.3, 0.4) is 0 Å². The van der Waals surface area contributed by atoms with Crippen molar-refractivity contribution in [2.45, 2.75) is 20.5 Å². The molecule has 0 saturated carbocycles. The Hall–Kier alpha value is -1.93. The van der Waals surface area contributed by atoms with Gasteiger partial charge in [0, 0.05) is 12.6 Å². The summed E-state index contributed by atoms with van der Waals surface area (Å²) >= 11 is 0. The second-order valence-electron chi connectivity index (χ2n) is 3.51. The first-order valence-electron chi connectivity index (χ1n) is 5.28. The van der Waals surface area contributed by atoms with Crippen LogP contribution in [0.2, 0.25) is 0 Å². The molecule has 0 unspecified atom stereocenters. The summed E-state index contributed by atoms with van der Waals surface area (Å²) in [5.74, 6) is 10.7. The van der Waals surface area contributed by atoms with E-state index >= 15 is 0 Å². The number of allylic oxidation sites excluding steroid dienone is 3. The highest BCUT2D eigenvalue weighted by Gasteiger charge is 2.20. The first-order valence-corrected chi connectivity index (χ1v) is 5.28. The summed E-state index contributed by atoms with van der Waals surface area (Å²) in [5, 5.41) is 1.49. The Kier molecular flexibility index (Phi) is 6.73. The molecule has 0 aromatic rings. The molecule has 0 radical (unpaired) electrons. The lowest BCUT2D eigenvalue weighted by molar-refractivity contribution is -0.0928. The van der Waals surface area contributed by atoms with Gasteiger partial charge in [0.15, 0.2) is 0 Å². The molecule has 0 aliphatic heterocycles. The number of hydrogen-bond donors (Lipinski definition) is 2. The van der Waals surface area contributed by atoms with Crippen LogP contribution in [0, 0.1) is 0 Å². The number of nitrogens with two attached hydrogens (primary N) is 2. The highest BCUT2D eigenvalue weighted by atomic mass is 19.3. The van der Waals surface area contributed by atoms with E-state index in [2.05, 4.69) is 11.3 Å². The van der Waals surface area contributed by atoms with Gasteiger partial charge in [-0.15, -0.1) is 0 Å². The molecule has 0 bridgehead atoms. The number of hydrazine groups is 2. The Morgan fingerprint density at radius 3 is 2.26 bits per heavy atom. The zero-order chi connectivity index (χ0) is 15.2. The molecule has 19 heavy (non-hydrogen) atoms. The number of carbonyl (C=O) groups excluding carboxylic acids is 1. The third-order valence-electron chi connectivity index (χ3n) is 2.20. The molecule has 0 fully saturated rings. The molecule has 0 aliphatic carbocycles. The lowest BCUT2D eigenvalue weighted by atomic mass is 10.1. The van der Waals surface area contributed by atoms with E-state index in [9.17, 15) is 13.6 Å². The minimum absolute atomic E-state index is 0.175. The van der Waals surface area contributed by atoms with E-state index in [-0.39, 0.29) is 17.0 Å². The molecule has 6 nitrogen and oxygen atoms in total. The van der Waals surface area contributed by atoms with E-state index in [0.717, 1.165) is 16.1 Å². The van der Waals surface area contributed by atoms with Gasteiger partial charge in [-0.2, -0.15) is 8.78 Å². The molecular formula is C11H18F2N4O2. The summed E-state index contributed by atoms with van der Waals surface area (Å²) in [5.41, 5.74) is 0.411. The number of amides is 2. The number of hydrogen-bond acceptors (Lipinski definition) is 4. The van der Waals surface area contributed by atoms with Gasteiger partial charge in [0.2, 0.25) is 0 Å². The van der Waals surface area contributed by atoms with Crippen LogP contribution in [-0.4, -0.2) is 29.7 Å². The van der Waals surface area contributed by atoms with Crippen LogP contribution >= 0.6 is 0 Å². The van der Waals surface area contributed by atoms with Gasteiger partial charge in [-0.25, -0.2) is 21.5 Å².